The summed E-state index contributed by atoms with van der Waals surface area (Å²) in [7, 11) is 2.08. The first-order chi connectivity index (χ1) is 11.6. The molecule has 2 aromatic rings. The highest BCUT2D eigenvalue weighted by molar-refractivity contribution is 7.13. The van der Waals surface area contributed by atoms with Gasteiger partial charge in [-0.3, -0.25) is 9.69 Å². The van der Waals surface area contributed by atoms with Crippen molar-refractivity contribution in [1.82, 2.24) is 14.5 Å². The van der Waals surface area contributed by atoms with Gasteiger partial charge in [-0.15, -0.1) is 11.3 Å². The minimum absolute atomic E-state index is 0.0264. The summed E-state index contributed by atoms with van der Waals surface area (Å²) in [6.07, 6.45) is 6.19. The molecule has 130 valence electrons. The summed E-state index contributed by atoms with van der Waals surface area (Å²) >= 11 is 1.49. The third-order valence-electron chi connectivity index (χ3n) is 4.29. The van der Waals surface area contributed by atoms with Gasteiger partial charge in [-0.05, 0) is 26.1 Å². The maximum atomic E-state index is 12.9. The van der Waals surface area contributed by atoms with Crippen molar-refractivity contribution in [1.29, 1.82) is 0 Å². The van der Waals surface area contributed by atoms with Crippen LogP contribution in [0.3, 0.4) is 0 Å². The average Bonchev–Trinajstić information content (AvgIpc) is 3.25. The summed E-state index contributed by atoms with van der Waals surface area (Å²) in [6.45, 7) is 5.09. The Hall–Kier alpha value is -1.70. The molecule has 0 bridgehead atoms. The fourth-order valence-corrected chi connectivity index (χ4v) is 3.60. The van der Waals surface area contributed by atoms with Gasteiger partial charge in [0.1, 0.15) is 0 Å². The van der Waals surface area contributed by atoms with Crippen LogP contribution in [0.4, 0.5) is 5.13 Å². The molecule has 1 aliphatic rings. The van der Waals surface area contributed by atoms with Crippen LogP contribution in [0.1, 0.15) is 19.4 Å². The monoisotopic (exact) mass is 348 g/mol. The lowest BCUT2D eigenvalue weighted by atomic mass is 10.2. The Balaban J connectivity index is 1.69. The van der Waals surface area contributed by atoms with Crippen molar-refractivity contribution < 1.29 is 9.53 Å². The molecule has 1 aliphatic heterocycles. The first-order valence-corrected chi connectivity index (χ1v) is 9.14. The fraction of sp³-hybridized carbons (Fsp3) is 0.529. The van der Waals surface area contributed by atoms with Gasteiger partial charge < -0.3 is 14.2 Å². The van der Waals surface area contributed by atoms with Crippen molar-refractivity contribution >= 4 is 22.4 Å². The molecular formula is C17H24N4O2S. The quantitative estimate of drug-likeness (QED) is 0.803. The van der Waals surface area contributed by atoms with Gasteiger partial charge in [0, 0.05) is 49.5 Å². The number of rotatable bonds is 6. The van der Waals surface area contributed by atoms with Crippen LogP contribution in [0.15, 0.2) is 36.1 Å². The highest BCUT2D eigenvalue weighted by Gasteiger charge is 2.27. The van der Waals surface area contributed by atoms with E-state index in [9.17, 15) is 4.79 Å². The zero-order chi connectivity index (χ0) is 16.9. The highest BCUT2D eigenvalue weighted by Crippen LogP contribution is 2.22. The predicted octanol–water partition coefficient (Wildman–Crippen LogP) is 2.26. The largest absolute Gasteiger partial charge is 0.374 e. The topological polar surface area (TPSA) is 50.6 Å². The van der Waals surface area contributed by atoms with E-state index in [4.69, 9.17) is 4.74 Å². The minimum atomic E-state index is 0.0264. The molecule has 2 aromatic heterocycles. The van der Waals surface area contributed by atoms with Crippen LogP contribution in [0.2, 0.25) is 0 Å². The third-order valence-corrected chi connectivity index (χ3v) is 5.08. The second kappa shape index (κ2) is 7.92. The van der Waals surface area contributed by atoms with Crippen LogP contribution >= 0.6 is 11.3 Å². The van der Waals surface area contributed by atoms with E-state index in [2.05, 4.69) is 28.4 Å². The molecule has 6 nitrogen and oxygen atoms in total. The summed E-state index contributed by atoms with van der Waals surface area (Å²) in [6, 6.07) is 4.07. The van der Waals surface area contributed by atoms with Crippen molar-refractivity contribution in [2.75, 3.05) is 38.2 Å². The van der Waals surface area contributed by atoms with E-state index >= 15 is 0 Å². The number of likely N-dealkylation sites (N-methyl/N-ethyl adjacent to an activating group) is 1. The molecule has 0 aromatic carbocycles. The zero-order valence-corrected chi connectivity index (χ0v) is 15.0. The molecule has 3 rings (SSSR count). The minimum Gasteiger partial charge on any atom is -0.374 e. The van der Waals surface area contributed by atoms with Gasteiger partial charge in [-0.25, -0.2) is 4.98 Å². The third kappa shape index (κ3) is 4.23. The van der Waals surface area contributed by atoms with Gasteiger partial charge in [0.05, 0.1) is 19.3 Å². The lowest BCUT2D eigenvalue weighted by Gasteiger charge is -2.33. The van der Waals surface area contributed by atoms with E-state index in [0.717, 1.165) is 18.2 Å². The molecule has 24 heavy (non-hydrogen) atoms. The van der Waals surface area contributed by atoms with Crippen LogP contribution < -0.4 is 4.90 Å². The SMILES string of the molecule is C[C@H](CC(=O)N(C[C@H]1CN(C)CCO1)c1nccs1)n1cccc1. The number of carbonyl (C=O) groups excluding carboxylic acids is 1. The smallest absolute Gasteiger partial charge is 0.230 e. The number of hydrogen-bond acceptors (Lipinski definition) is 5. The Kier molecular flexibility index (Phi) is 5.65. The van der Waals surface area contributed by atoms with Gasteiger partial charge >= 0.3 is 0 Å². The van der Waals surface area contributed by atoms with Crippen LogP contribution in [0.25, 0.3) is 0 Å². The molecular weight excluding hydrogens is 324 g/mol. The van der Waals surface area contributed by atoms with E-state index in [1.165, 1.54) is 11.3 Å². The second-order valence-corrected chi connectivity index (χ2v) is 7.13. The molecule has 1 amide bonds. The van der Waals surface area contributed by atoms with E-state index in [1.54, 1.807) is 11.1 Å². The van der Waals surface area contributed by atoms with E-state index in [-0.39, 0.29) is 18.1 Å². The number of anilines is 1. The number of hydrogen-bond donors (Lipinski definition) is 0. The van der Waals surface area contributed by atoms with Crippen molar-refractivity contribution in [2.45, 2.75) is 25.5 Å². The second-order valence-electron chi connectivity index (χ2n) is 6.26. The molecule has 1 saturated heterocycles. The maximum Gasteiger partial charge on any atom is 0.230 e. The standard InChI is InChI=1S/C17H24N4O2S/c1-14(20-6-3-4-7-20)11-16(22)21(17-18-5-10-24-17)13-15-12-19(2)8-9-23-15/h3-7,10,14-15H,8-9,11-13H2,1-2H3/t14-,15-/m1/s1. The van der Waals surface area contributed by atoms with Crippen molar-refractivity contribution in [3.8, 4) is 0 Å². The molecule has 7 heteroatoms. The van der Waals surface area contributed by atoms with E-state index in [0.29, 0.717) is 19.6 Å². The number of carbonyl (C=O) groups is 1. The van der Waals surface area contributed by atoms with Gasteiger partial charge in [-0.2, -0.15) is 0 Å². The molecule has 0 unspecified atom stereocenters. The molecule has 0 spiro atoms. The zero-order valence-electron chi connectivity index (χ0n) is 14.2. The molecule has 0 aliphatic carbocycles. The number of amides is 1. The molecule has 0 radical (unpaired) electrons. The lowest BCUT2D eigenvalue weighted by Crippen LogP contribution is -2.48. The van der Waals surface area contributed by atoms with Gasteiger partial charge in [0.25, 0.3) is 0 Å². The van der Waals surface area contributed by atoms with Crippen LogP contribution in [0.5, 0.6) is 0 Å². The number of thiazole rings is 1. The lowest BCUT2D eigenvalue weighted by molar-refractivity contribution is -0.120. The molecule has 3 heterocycles. The van der Waals surface area contributed by atoms with E-state index < -0.39 is 0 Å². The first kappa shape index (κ1) is 17.1. The molecule has 0 saturated carbocycles. The number of aromatic nitrogens is 2. The summed E-state index contributed by atoms with van der Waals surface area (Å²) in [4.78, 5) is 21.3. The predicted molar refractivity (Wildman–Crippen MR) is 95.5 cm³/mol. The summed E-state index contributed by atoms with van der Waals surface area (Å²) < 4.78 is 7.90. The Labute approximate surface area is 146 Å². The summed E-state index contributed by atoms with van der Waals surface area (Å²) in [5, 5.41) is 2.65. The summed E-state index contributed by atoms with van der Waals surface area (Å²) in [5.74, 6) is 0.0861. The molecule has 0 N–H and O–H groups in total. The van der Waals surface area contributed by atoms with Crippen LogP contribution in [-0.2, 0) is 9.53 Å². The Morgan fingerprint density at radius 3 is 2.96 bits per heavy atom. The van der Waals surface area contributed by atoms with Crippen LogP contribution in [0, 0.1) is 0 Å². The normalized spacial score (nSPS) is 20.0. The Bertz CT molecular complexity index is 629. The van der Waals surface area contributed by atoms with Gasteiger partial charge in [-0.1, -0.05) is 0 Å². The number of morpholine rings is 1. The number of nitrogens with zero attached hydrogens (tertiary/aromatic N) is 4. The fourth-order valence-electron chi connectivity index (χ4n) is 2.93. The van der Waals surface area contributed by atoms with Gasteiger partial charge in [0.15, 0.2) is 5.13 Å². The van der Waals surface area contributed by atoms with Crippen molar-refractivity contribution in [3.05, 3.63) is 36.1 Å². The van der Waals surface area contributed by atoms with Crippen molar-refractivity contribution in [3.63, 3.8) is 0 Å². The Morgan fingerprint density at radius 1 is 1.50 bits per heavy atom. The van der Waals surface area contributed by atoms with Gasteiger partial charge in [0.2, 0.25) is 5.91 Å². The average molecular weight is 348 g/mol. The van der Waals surface area contributed by atoms with Crippen molar-refractivity contribution in [2.24, 2.45) is 0 Å². The number of ether oxygens (including phenoxy) is 1. The van der Waals surface area contributed by atoms with E-state index in [1.807, 2.05) is 29.9 Å². The van der Waals surface area contributed by atoms with Crippen LogP contribution in [-0.4, -0.2) is 59.8 Å². The summed E-state index contributed by atoms with van der Waals surface area (Å²) in [5.41, 5.74) is 0. The highest BCUT2D eigenvalue weighted by atomic mass is 32.1. The first-order valence-electron chi connectivity index (χ1n) is 8.26. The Morgan fingerprint density at radius 2 is 2.29 bits per heavy atom. The molecule has 1 fully saturated rings. The molecule has 2 atom stereocenters. The maximum absolute atomic E-state index is 12.9.